The molecule has 3 aliphatic rings. The number of benzene rings is 2. The van der Waals surface area contributed by atoms with E-state index in [4.69, 9.17) is 19.4 Å². The van der Waals surface area contributed by atoms with E-state index in [2.05, 4.69) is 27.7 Å². The molecule has 5 rings (SSSR count). The molecule has 0 bridgehead atoms. The second kappa shape index (κ2) is 13.1. The maximum absolute atomic E-state index is 12.8. The summed E-state index contributed by atoms with van der Waals surface area (Å²) in [4.78, 5) is 24.2. The van der Waals surface area contributed by atoms with Crippen LogP contribution < -0.4 is 20.1 Å². The Hall–Kier alpha value is -3.68. The van der Waals surface area contributed by atoms with Crippen molar-refractivity contribution in [1.29, 1.82) is 0 Å². The van der Waals surface area contributed by atoms with Gasteiger partial charge in [-0.2, -0.15) is 26.3 Å². The minimum Gasteiger partial charge on any atom is -0.493 e. The molecule has 3 N–H and O–H groups in total. The SMILES string of the molecule is COc1ccc([C@@]23CC[C@@H](NC(=O)Nc4ccc(C(F)(F)F)cc4)C[C@@H]2N(CC2CC2)CC3)cc1OC.O=C(O)C(F)(F)F. The van der Waals surface area contributed by atoms with Gasteiger partial charge in [-0.1, -0.05) is 6.07 Å². The highest BCUT2D eigenvalue weighted by Crippen LogP contribution is 2.51. The van der Waals surface area contributed by atoms with Crippen LogP contribution in [0.2, 0.25) is 0 Å². The number of hydrogen-bond acceptors (Lipinski definition) is 5. The first-order valence-electron chi connectivity index (χ1n) is 14.2. The molecule has 3 fully saturated rings. The predicted octanol–water partition coefficient (Wildman–Crippen LogP) is 6.45. The second-order valence-electron chi connectivity index (χ2n) is 11.4. The van der Waals surface area contributed by atoms with Crippen molar-refractivity contribution in [1.82, 2.24) is 10.2 Å². The van der Waals surface area contributed by atoms with Crippen molar-refractivity contribution in [2.75, 3.05) is 32.6 Å². The lowest BCUT2D eigenvalue weighted by atomic mass is 9.65. The second-order valence-corrected chi connectivity index (χ2v) is 11.4. The highest BCUT2D eigenvalue weighted by Gasteiger charge is 2.52. The third-order valence-electron chi connectivity index (χ3n) is 8.57. The van der Waals surface area contributed by atoms with Crippen LogP contribution in [0.1, 0.15) is 49.7 Å². The smallest absolute Gasteiger partial charge is 0.490 e. The molecule has 44 heavy (non-hydrogen) atoms. The Balaban J connectivity index is 0.000000566. The van der Waals surface area contributed by atoms with Gasteiger partial charge in [0.2, 0.25) is 0 Å². The van der Waals surface area contributed by atoms with E-state index < -0.39 is 29.9 Å². The highest BCUT2D eigenvalue weighted by atomic mass is 19.4. The lowest BCUT2D eigenvalue weighted by molar-refractivity contribution is -0.192. The number of amides is 2. The molecule has 8 nitrogen and oxygen atoms in total. The summed E-state index contributed by atoms with van der Waals surface area (Å²) in [7, 11) is 3.29. The summed E-state index contributed by atoms with van der Waals surface area (Å²) in [5.74, 6) is -0.558. The van der Waals surface area contributed by atoms with Crippen molar-refractivity contribution < 1.29 is 50.5 Å². The molecule has 1 aliphatic heterocycles. The molecular formula is C30H35F6N3O5. The standard InChI is InChI=1S/C28H34F3N3O3.C2HF3O2/c1-36-23-10-7-20(15-24(23)37-2)27-12-11-22(16-25(27)34(14-13-27)17-18-3-4-18)33-26(35)32-21-8-5-19(6-9-21)28(29,30)31;3-2(4,5)1(6)7/h5-10,15,18,22,25H,3-4,11-14,16-17H2,1-2H3,(H2,32,33,35);(H,6,7)/t22-,25+,27+;/m1./s1. The third-order valence-corrected chi connectivity index (χ3v) is 8.57. The Morgan fingerprint density at radius 1 is 0.955 bits per heavy atom. The number of rotatable bonds is 7. The summed E-state index contributed by atoms with van der Waals surface area (Å²) >= 11 is 0. The van der Waals surface area contributed by atoms with Gasteiger partial charge in [0.1, 0.15) is 0 Å². The Kier molecular flexibility index (Phi) is 9.91. The number of halogens is 6. The van der Waals surface area contributed by atoms with E-state index in [-0.39, 0.29) is 17.5 Å². The number of alkyl halides is 6. The Morgan fingerprint density at radius 3 is 2.14 bits per heavy atom. The topological polar surface area (TPSA) is 100 Å². The fraction of sp³-hybridized carbons (Fsp3) is 0.533. The molecule has 0 radical (unpaired) electrons. The van der Waals surface area contributed by atoms with Crippen LogP contribution in [0.15, 0.2) is 42.5 Å². The number of methoxy groups -OCH3 is 2. The summed E-state index contributed by atoms with van der Waals surface area (Å²) in [6.45, 7) is 2.12. The number of aliphatic carboxylic acids is 1. The summed E-state index contributed by atoms with van der Waals surface area (Å²) in [6, 6.07) is 10.6. The lowest BCUT2D eigenvalue weighted by Crippen LogP contribution is -2.53. The number of hydrogen-bond donors (Lipinski definition) is 3. The van der Waals surface area contributed by atoms with Crippen molar-refractivity contribution in [3.63, 3.8) is 0 Å². The summed E-state index contributed by atoms with van der Waals surface area (Å²) in [5.41, 5.74) is 0.823. The van der Waals surface area contributed by atoms with Gasteiger partial charge in [-0.3, -0.25) is 4.90 Å². The number of carboxylic acid groups (broad SMARTS) is 1. The van der Waals surface area contributed by atoms with Gasteiger partial charge in [-0.15, -0.1) is 0 Å². The molecule has 14 heteroatoms. The number of carboxylic acids is 1. The molecule has 1 saturated heterocycles. The number of likely N-dealkylation sites (tertiary alicyclic amines) is 1. The van der Waals surface area contributed by atoms with Crippen LogP contribution in [0.25, 0.3) is 0 Å². The highest BCUT2D eigenvalue weighted by molar-refractivity contribution is 5.89. The first-order valence-corrected chi connectivity index (χ1v) is 14.2. The fourth-order valence-corrected chi connectivity index (χ4v) is 6.20. The van der Waals surface area contributed by atoms with E-state index in [1.54, 1.807) is 14.2 Å². The molecule has 1 heterocycles. The molecule has 2 aromatic carbocycles. The maximum atomic E-state index is 12.8. The number of ether oxygens (including phenoxy) is 2. The van der Waals surface area contributed by atoms with E-state index in [1.165, 1.54) is 30.5 Å². The van der Waals surface area contributed by atoms with E-state index in [0.717, 1.165) is 62.6 Å². The van der Waals surface area contributed by atoms with Crippen LogP contribution in [0, 0.1) is 5.92 Å². The Bertz CT molecular complexity index is 1320. The molecule has 2 aliphatic carbocycles. The maximum Gasteiger partial charge on any atom is 0.490 e. The average molecular weight is 632 g/mol. The van der Waals surface area contributed by atoms with Crippen LogP contribution in [0.5, 0.6) is 11.5 Å². The molecule has 3 atom stereocenters. The van der Waals surface area contributed by atoms with Gasteiger partial charge in [-0.05, 0) is 92.9 Å². The van der Waals surface area contributed by atoms with E-state index in [9.17, 15) is 31.1 Å². The van der Waals surface area contributed by atoms with Gasteiger partial charge < -0.3 is 25.2 Å². The molecular weight excluding hydrogens is 596 g/mol. The summed E-state index contributed by atoms with van der Waals surface area (Å²) in [6.07, 6.45) is -3.29. The Morgan fingerprint density at radius 2 is 1.59 bits per heavy atom. The number of carbonyl (C=O) groups excluding carboxylic acids is 1. The quantitative estimate of drug-likeness (QED) is 0.304. The number of urea groups is 1. The van der Waals surface area contributed by atoms with E-state index in [0.29, 0.717) is 11.4 Å². The van der Waals surface area contributed by atoms with Gasteiger partial charge >= 0.3 is 24.4 Å². The lowest BCUT2D eigenvalue weighted by Gasteiger charge is -2.45. The van der Waals surface area contributed by atoms with Crippen LogP contribution in [0.4, 0.5) is 36.8 Å². The van der Waals surface area contributed by atoms with Crippen LogP contribution in [-0.4, -0.2) is 67.6 Å². The molecule has 2 amide bonds. The van der Waals surface area contributed by atoms with Crippen molar-refractivity contribution in [2.24, 2.45) is 5.92 Å². The zero-order valence-corrected chi connectivity index (χ0v) is 24.2. The van der Waals surface area contributed by atoms with Crippen LogP contribution in [-0.2, 0) is 16.4 Å². The van der Waals surface area contributed by atoms with Crippen molar-refractivity contribution >= 4 is 17.7 Å². The molecule has 242 valence electrons. The molecule has 2 saturated carbocycles. The van der Waals surface area contributed by atoms with Crippen LogP contribution >= 0.6 is 0 Å². The zero-order chi connectivity index (χ0) is 32.3. The number of nitrogens with one attached hydrogen (secondary N) is 2. The van der Waals surface area contributed by atoms with Gasteiger partial charge in [0, 0.05) is 29.7 Å². The zero-order valence-electron chi connectivity index (χ0n) is 24.2. The third kappa shape index (κ3) is 7.88. The normalized spacial score (nSPS) is 23.5. The summed E-state index contributed by atoms with van der Waals surface area (Å²) < 4.78 is 81.3. The predicted molar refractivity (Wildman–Crippen MR) is 149 cm³/mol. The number of nitrogens with zero attached hydrogens (tertiary/aromatic N) is 1. The minimum atomic E-state index is -5.08. The van der Waals surface area contributed by atoms with Crippen molar-refractivity contribution in [2.45, 2.75) is 68.4 Å². The molecule has 0 aromatic heterocycles. The fourth-order valence-electron chi connectivity index (χ4n) is 6.20. The van der Waals surface area contributed by atoms with E-state index in [1.807, 2.05) is 6.07 Å². The minimum absolute atomic E-state index is 0.0173. The number of fused-ring (bicyclic) bond motifs is 1. The monoisotopic (exact) mass is 631 g/mol. The molecule has 0 unspecified atom stereocenters. The van der Waals surface area contributed by atoms with E-state index >= 15 is 0 Å². The van der Waals surface area contributed by atoms with Gasteiger partial charge in [0.05, 0.1) is 19.8 Å². The summed E-state index contributed by atoms with van der Waals surface area (Å²) in [5, 5.41) is 12.9. The van der Waals surface area contributed by atoms with Crippen molar-refractivity contribution in [3.05, 3.63) is 53.6 Å². The first-order chi connectivity index (χ1) is 20.7. The number of anilines is 1. The Labute approximate surface area is 250 Å². The van der Waals surface area contributed by atoms with Gasteiger partial charge in [0.25, 0.3) is 0 Å². The van der Waals surface area contributed by atoms with Gasteiger partial charge in [0.15, 0.2) is 11.5 Å². The van der Waals surface area contributed by atoms with Gasteiger partial charge in [-0.25, -0.2) is 9.59 Å². The van der Waals surface area contributed by atoms with Crippen LogP contribution in [0.3, 0.4) is 0 Å². The average Bonchev–Trinajstić information content (AvgIpc) is 3.72. The van der Waals surface area contributed by atoms with Crippen molar-refractivity contribution in [3.8, 4) is 11.5 Å². The largest absolute Gasteiger partial charge is 0.493 e. The molecule has 0 spiro atoms. The number of carbonyl (C=O) groups is 2. The first kappa shape index (κ1) is 33.2. The molecule has 2 aromatic rings.